The van der Waals surface area contributed by atoms with Gasteiger partial charge in [0.25, 0.3) is 6.01 Å². The summed E-state index contributed by atoms with van der Waals surface area (Å²) >= 11 is 0. The minimum absolute atomic E-state index is 0.222. The maximum absolute atomic E-state index is 11.6. The van der Waals surface area contributed by atoms with E-state index in [1.165, 1.54) is 12.7 Å². The molecule has 4 aromatic rings. The maximum atomic E-state index is 11.6. The third-order valence-corrected chi connectivity index (χ3v) is 6.82. The molecule has 12 heteroatoms. The van der Waals surface area contributed by atoms with Crippen LogP contribution in [0, 0.1) is 0 Å². The Morgan fingerprint density at radius 1 is 0.977 bits per heavy atom. The fraction of sp³-hybridized carbons (Fsp3) is 0.452. The highest BCUT2D eigenvalue weighted by Gasteiger charge is 2.18. The van der Waals surface area contributed by atoms with Crippen LogP contribution in [0.15, 0.2) is 42.6 Å². The first-order valence-corrected chi connectivity index (χ1v) is 14.5. The molecule has 230 valence electrons. The number of pyridine rings is 1. The third kappa shape index (κ3) is 9.02. The summed E-state index contributed by atoms with van der Waals surface area (Å²) in [5, 5.41) is 0. The molecule has 4 rings (SSSR count). The van der Waals surface area contributed by atoms with Crippen LogP contribution >= 0.6 is 0 Å². The molecule has 3 heterocycles. The highest BCUT2D eigenvalue weighted by Crippen LogP contribution is 2.26. The molecule has 0 saturated heterocycles. The number of aromatic nitrogens is 5. The van der Waals surface area contributed by atoms with Crippen LogP contribution in [0.25, 0.3) is 11.2 Å². The number of unbranched alkanes of at least 4 members (excludes halogenated alkanes) is 2. The number of carbonyl (C=O) groups excluding carboxylic acids is 1. The van der Waals surface area contributed by atoms with Crippen molar-refractivity contribution in [2.45, 2.75) is 52.1 Å². The van der Waals surface area contributed by atoms with Gasteiger partial charge in [0, 0.05) is 18.8 Å². The molecule has 0 bridgehead atoms. The van der Waals surface area contributed by atoms with Crippen molar-refractivity contribution < 1.29 is 23.7 Å². The number of imidazole rings is 1. The minimum atomic E-state index is -0.232. The van der Waals surface area contributed by atoms with Gasteiger partial charge < -0.3 is 29.6 Å². The molecule has 0 aliphatic rings. The number of methoxy groups -OCH3 is 2. The number of anilines is 1. The summed E-state index contributed by atoms with van der Waals surface area (Å²) in [4.78, 5) is 31.5. The Balaban J connectivity index is 1.25. The quantitative estimate of drug-likeness (QED) is 0.140. The molecule has 1 aromatic carbocycles. The van der Waals surface area contributed by atoms with Crippen molar-refractivity contribution >= 4 is 23.0 Å². The Hall–Kier alpha value is -4.45. The van der Waals surface area contributed by atoms with Gasteiger partial charge in [0.1, 0.15) is 0 Å². The largest absolute Gasteiger partial charge is 0.478 e. The number of esters is 1. The van der Waals surface area contributed by atoms with Crippen molar-refractivity contribution in [1.82, 2.24) is 29.4 Å². The second-order valence-electron chi connectivity index (χ2n) is 10.3. The second-order valence-corrected chi connectivity index (χ2v) is 10.3. The van der Waals surface area contributed by atoms with Crippen molar-refractivity contribution in [1.29, 1.82) is 0 Å². The molecule has 12 nitrogen and oxygen atoms in total. The van der Waals surface area contributed by atoms with Gasteiger partial charge in [0.15, 0.2) is 17.0 Å². The van der Waals surface area contributed by atoms with Crippen LogP contribution in [0.3, 0.4) is 0 Å². The Morgan fingerprint density at radius 3 is 2.53 bits per heavy atom. The molecule has 43 heavy (non-hydrogen) atoms. The smallest absolute Gasteiger partial charge is 0.320 e. The lowest BCUT2D eigenvalue weighted by atomic mass is 10.1. The summed E-state index contributed by atoms with van der Waals surface area (Å²) in [5.41, 5.74) is 10.2. The molecule has 0 aliphatic carbocycles. The molecule has 0 unspecified atom stereocenters. The van der Waals surface area contributed by atoms with Crippen LogP contribution in [-0.2, 0) is 29.0 Å². The lowest BCUT2D eigenvalue weighted by molar-refractivity contribution is -0.139. The average molecular weight is 592 g/mol. The van der Waals surface area contributed by atoms with Crippen LogP contribution in [-0.4, -0.2) is 76.4 Å². The van der Waals surface area contributed by atoms with Crippen LogP contribution in [0.5, 0.6) is 17.9 Å². The van der Waals surface area contributed by atoms with Gasteiger partial charge in [-0.1, -0.05) is 43.7 Å². The SMILES string of the molecule is CCCCOc1nc(N)c2nc(OC)n(Cc3ccc(OCCCCN(C)Cc4cccc(CC(=O)OC)c4)nc3)c2n1. The lowest BCUT2D eigenvalue weighted by Crippen LogP contribution is -2.19. The molecule has 0 aliphatic heterocycles. The van der Waals surface area contributed by atoms with E-state index in [4.69, 9.17) is 24.7 Å². The van der Waals surface area contributed by atoms with E-state index >= 15 is 0 Å². The van der Waals surface area contributed by atoms with E-state index in [1.807, 2.05) is 28.8 Å². The van der Waals surface area contributed by atoms with Gasteiger partial charge in [-0.15, -0.1) is 0 Å². The van der Waals surface area contributed by atoms with Gasteiger partial charge in [0.05, 0.1) is 40.4 Å². The third-order valence-electron chi connectivity index (χ3n) is 6.82. The number of nitrogens with two attached hydrogens (primary N) is 1. The predicted molar refractivity (Wildman–Crippen MR) is 163 cm³/mol. The average Bonchev–Trinajstić information content (AvgIpc) is 3.35. The number of ether oxygens (including phenoxy) is 4. The van der Waals surface area contributed by atoms with Crippen molar-refractivity contribution in [3.63, 3.8) is 0 Å². The molecule has 0 spiro atoms. The van der Waals surface area contributed by atoms with E-state index in [0.29, 0.717) is 42.8 Å². The fourth-order valence-corrected chi connectivity index (χ4v) is 4.55. The molecule has 0 amide bonds. The Labute approximate surface area is 252 Å². The van der Waals surface area contributed by atoms with E-state index in [1.54, 1.807) is 13.3 Å². The predicted octanol–water partition coefficient (Wildman–Crippen LogP) is 4.05. The monoisotopic (exact) mass is 591 g/mol. The molecule has 0 fully saturated rings. The van der Waals surface area contributed by atoms with Gasteiger partial charge in [-0.2, -0.15) is 15.0 Å². The Kier molecular flexibility index (Phi) is 11.5. The number of fused-ring (bicyclic) bond motifs is 1. The minimum Gasteiger partial charge on any atom is -0.478 e. The second kappa shape index (κ2) is 15.7. The van der Waals surface area contributed by atoms with Gasteiger partial charge >= 0.3 is 12.0 Å². The highest BCUT2D eigenvalue weighted by atomic mass is 16.5. The first-order valence-electron chi connectivity index (χ1n) is 14.5. The Bertz CT molecular complexity index is 1480. The van der Waals surface area contributed by atoms with Gasteiger partial charge in [-0.3, -0.25) is 9.36 Å². The van der Waals surface area contributed by atoms with Crippen LogP contribution in [0.4, 0.5) is 5.82 Å². The number of hydrogen-bond donors (Lipinski definition) is 1. The van der Waals surface area contributed by atoms with E-state index in [-0.39, 0.29) is 24.2 Å². The molecule has 2 N–H and O–H groups in total. The summed E-state index contributed by atoms with van der Waals surface area (Å²) in [6.45, 7) is 5.34. The number of nitrogen functional groups attached to an aromatic ring is 1. The zero-order chi connectivity index (χ0) is 30.6. The number of nitrogens with zero attached hydrogens (tertiary/aromatic N) is 6. The molecule has 3 aromatic heterocycles. The fourth-order valence-electron chi connectivity index (χ4n) is 4.55. The number of benzene rings is 1. The molecule has 0 atom stereocenters. The van der Waals surface area contributed by atoms with Crippen LogP contribution < -0.4 is 19.9 Å². The number of carbonyl (C=O) groups is 1. The van der Waals surface area contributed by atoms with E-state index < -0.39 is 0 Å². The standard InChI is InChI=1S/C31H41N7O5/c1-5-6-15-43-30-35-28(32)27-29(36-30)38(31(34-27)41-4)21-24-12-13-25(33-19-24)42-16-8-7-14-37(2)20-23-11-9-10-22(17-23)18-26(39)40-3/h9-13,17,19H,5-8,14-16,18,20-21H2,1-4H3,(H2,32,35,36). The lowest BCUT2D eigenvalue weighted by Gasteiger charge is -2.17. The Morgan fingerprint density at radius 2 is 1.79 bits per heavy atom. The number of hydrogen-bond acceptors (Lipinski definition) is 11. The van der Waals surface area contributed by atoms with E-state index in [9.17, 15) is 4.79 Å². The maximum Gasteiger partial charge on any atom is 0.320 e. The van der Waals surface area contributed by atoms with Gasteiger partial charge in [-0.05, 0) is 49.5 Å². The highest BCUT2D eigenvalue weighted by molar-refractivity contribution is 5.83. The first-order chi connectivity index (χ1) is 20.9. The first kappa shape index (κ1) is 31.5. The topological polar surface area (TPSA) is 140 Å². The summed E-state index contributed by atoms with van der Waals surface area (Å²) in [6, 6.07) is 12.5. The zero-order valence-corrected chi connectivity index (χ0v) is 25.4. The number of rotatable bonds is 17. The summed E-state index contributed by atoms with van der Waals surface area (Å²) < 4.78 is 23.6. The van der Waals surface area contributed by atoms with Gasteiger partial charge in [0.2, 0.25) is 5.88 Å². The van der Waals surface area contributed by atoms with Crippen molar-refractivity contribution in [3.8, 4) is 17.9 Å². The molecular formula is C31H41N7O5. The molecular weight excluding hydrogens is 550 g/mol. The van der Waals surface area contributed by atoms with E-state index in [0.717, 1.165) is 49.9 Å². The zero-order valence-electron chi connectivity index (χ0n) is 25.4. The summed E-state index contributed by atoms with van der Waals surface area (Å²) in [7, 11) is 5.05. The summed E-state index contributed by atoms with van der Waals surface area (Å²) in [5.74, 6) is 0.580. The van der Waals surface area contributed by atoms with Gasteiger partial charge in [-0.25, -0.2) is 4.98 Å². The van der Waals surface area contributed by atoms with Crippen molar-refractivity contribution in [3.05, 3.63) is 59.3 Å². The molecule has 0 radical (unpaired) electrons. The van der Waals surface area contributed by atoms with Crippen LogP contribution in [0.2, 0.25) is 0 Å². The van der Waals surface area contributed by atoms with E-state index in [2.05, 4.69) is 50.9 Å². The molecule has 0 saturated carbocycles. The normalized spacial score (nSPS) is 11.2. The summed E-state index contributed by atoms with van der Waals surface area (Å²) in [6.07, 6.45) is 5.85. The van der Waals surface area contributed by atoms with Crippen LogP contribution in [0.1, 0.15) is 49.3 Å². The van der Waals surface area contributed by atoms with Crippen molar-refractivity contribution in [2.24, 2.45) is 0 Å². The van der Waals surface area contributed by atoms with Crippen molar-refractivity contribution in [2.75, 3.05) is 46.8 Å².